The summed E-state index contributed by atoms with van der Waals surface area (Å²) in [6, 6.07) is 15.8. The summed E-state index contributed by atoms with van der Waals surface area (Å²) in [4.78, 5) is 83.3. The number of ether oxygens (including phenoxy) is 1. The minimum Gasteiger partial charge on any atom is -0.379 e. The van der Waals surface area contributed by atoms with Gasteiger partial charge in [0.25, 0.3) is 0 Å². The molecule has 2 saturated carbocycles. The Kier molecular flexibility index (Phi) is 39.9. The van der Waals surface area contributed by atoms with Gasteiger partial charge in [0.1, 0.15) is 41.5 Å². The standard InChI is InChI=1S/C19H28N2O.C18H31N3O2S.C17H27N3O.C17H29N3S.C15H23N3O.C13H22N2O2S/c1-19(2,3)17-13-15(6-9-20-17)12-14-7-10-21(11-8-14)18(22)16-4-5-16;1-5-24(22,23)11-10-21-8-6-15(7-9-21)12-16-13-17(18(2,3)4)20-14-19-16;1-17(2,3)16-11-14(18-12-19-16)8-13-9-15(10-13)20-4-6-21-7-5-20;1-17(2,3)16-12-15(18-13-19-16)11-14-5-7-20(8-6-14)9-10-21-4;1-11(19)18-6-5-12(9-18)7-13-8-14(15(2,3)4)17-10-16-13;1-5-18(16,17)8-6-7-11-9-12(13(2,3)4)15-10-14-11/h6,9,13-14,16H,4-5,7-8,10-12H2,1-3H3;13-15H,5-12H2,1-4H3;11-13,15H,4-10H2,1-3H3;12-14H,5-11H2,1-4H3;8,10,12H,5-7,9H2,1-4H3;9-10H,5-8H2,1-4H3/t;;;;12-;/m....0./s1. The third-order valence-corrected chi connectivity index (χ3v) is 29.5. The second kappa shape index (κ2) is 47.9. The van der Waals surface area contributed by atoms with E-state index in [4.69, 9.17) is 4.74 Å². The van der Waals surface area contributed by atoms with Gasteiger partial charge in [0.15, 0.2) is 9.84 Å². The molecule has 6 aromatic rings. The molecule has 0 bridgehead atoms. The summed E-state index contributed by atoms with van der Waals surface area (Å²) >= 11 is 1.94. The first kappa shape index (κ1) is 104. The number of pyridine rings is 1. The Morgan fingerprint density at radius 3 is 1.18 bits per heavy atom. The predicted octanol–water partition coefficient (Wildman–Crippen LogP) is 16.2. The van der Waals surface area contributed by atoms with Crippen molar-refractivity contribution >= 4 is 43.3 Å². The molecule has 1 atom stereocenters. The van der Waals surface area contributed by atoms with Crippen LogP contribution in [0.1, 0.15) is 291 Å². The van der Waals surface area contributed by atoms with Crippen LogP contribution >= 0.6 is 11.8 Å². The number of aromatic nitrogens is 11. The monoisotopic (exact) mass is 1780 g/mol. The molecule has 11 heterocycles. The van der Waals surface area contributed by atoms with E-state index in [0.717, 1.165) is 206 Å². The van der Waals surface area contributed by atoms with E-state index < -0.39 is 19.7 Å². The number of sulfone groups is 2. The van der Waals surface area contributed by atoms with Crippen molar-refractivity contribution in [3.8, 4) is 0 Å². The molecule has 0 spiro atoms. The third kappa shape index (κ3) is 36.8. The second-order valence-corrected chi connectivity index (χ2v) is 48.4. The van der Waals surface area contributed by atoms with Crippen LogP contribution in [0.25, 0.3) is 0 Å². The first-order valence-electron chi connectivity index (χ1n) is 47.0. The van der Waals surface area contributed by atoms with E-state index in [1.807, 2.05) is 28.9 Å². The van der Waals surface area contributed by atoms with Gasteiger partial charge in [-0.1, -0.05) is 138 Å². The number of hydrogen-bond donors (Lipinski definition) is 0. The Morgan fingerprint density at radius 1 is 0.416 bits per heavy atom. The Bertz CT molecular complexity index is 4490. The molecular formula is C99H160N16O7S3. The van der Waals surface area contributed by atoms with Gasteiger partial charge in [-0.2, -0.15) is 11.8 Å². The van der Waals surface area contributed by atoms with Gasteiger partial charge in [0.2, 0.25) is 11.8 Å². The van der Waals surface area contributed by atoms with Gasteiger partial charge in [-0.3, -0.25) is 19.5 Å². The summed E-state index contributed by atoms with van der Waals surface area (Å²) in [5.74, 6) is 6.65. The number of likely N-dealkylation sites (tertiary alicyclic amines) is 4. The van der Waals surface area contributed by atoms with Crippen molar-refractivity contribution in [1.82, 2.24) is 79.3 Å². The number of hydrogen-bond acceptors (Lipinski definition) is 22. The first-order valence-corrected chi connectivity index (χ1v) is 52.0. The molecule has 7 fully saturated rings. The van der Waals surface area contributed by atoms with Crippen molar-refractivity contribution < 1.29 is 31.2 Å². The Balaban J connectivity index is 0.000000186. The summed E-state index contributed by atoms with van der Waals surface area (Å²) in [7, 11) is -5.73. The highest BCUT2D eigenvalue weighted by molar-refractivity contribution is 7.98. The highest BCUT2D eigenvalue weighted by Gasteiger charge is 2.37. The Labute approximate surface area is 759 Å². The number of carbonyl (C=O) groups excluding carboxylic acids is 2. The fourth-order valence-electron chi connectivity index (χ4n) is 16.6. The molecule has 0 radical (unpaired) electrons. The minimum absolute atomic E-state index is 0.00676. The van der Waals surface area contributed by atoms with E-state index in [-0.39, 0.29) is 61.4 Å². The largest absolute Gasteiger partial charge is 0.379 e. The lowest BCUT2D eigenvalue weighted by atomic mass is 9.76. The molecule has 23 nitrogen and oxygen atoms in total. The van der Waals surface area contributed by atoms with Crippen molar-refractivity contribution in [2.75, 3.05) is 127 Å². The van der Waals surface area contributed by atoms with Crippen molar-refractivity contribution in [2.24, 2.45) is 35.5 Å². The molecule has 7 aliphatic rings. The molecule has 0 N–H and O–H groups in total. The van der Waals surface area contributed by atoms with Gasteiger partial charge in [0.05, 0.1) is 24.7 Å². The number of rotatable bonds is 24. The van der Waals surface area contributed by atoms with Crippen LogP contribution in [0, 0.1) is 35.5 Å². The molecule has 2 aliphatic carbocycles. The molecule has 13 rings (SSSR count). The summed E-state index contributed by atoms with van der Waals surface area (Å²) in [6.45, 7) is 58.3. The molecule has 6 aromatic heterocycles. The van der Waals surface area contributed by atoms with Crippen LogP contribution in [0.2, 0.25) is 0 Å². The number of nitrogens with zero attached hydrogens (tertiary/aromatic N) is 16. The molecular weight excluding hydrogens is 1620 g/mol. The lowest BCUT2D eigenvalue weighted by Crippen LogP contribution is -2.50. The maximum Gasteiger partial charge on any atom is 0.225 e. The average molecular weight is 1780 g/mol. The summed E-state index contributed by atoms with van der Waals surface area (Å²) in [5.41, 5.74) is 14.0. The van der Waals surface area contributed by atoms with Crippen LogP contribution < -0.4 is 0 Å². The molecule has 5 aliphatic heterocycles. The van der Waals surface area contributed by atoms with Gasteiger partial charge < -0.3 is 24.3 Å². The predicted molar refractivity (Wildman–Crippen MR) is 510 cm³/mol. The maximum atomic E-state index is 12.1. The van der Waals surface area contributed by atoms with Crippen LogP contribution in [-0.4, -0.2) is 241 Å². The maximum absolute atomic E-state index is 12.1. The number of amides is 2. The van der Waals surface area contributed by atoms with Crippen LogP contribution in [0.3, 0.4) is 0 Å². The quantitative estimate of drug-likeness (QED) is 0.0545. The van der Waals surface area contributed by atoms with Gasteiger partial charge in [-0.05, 0) is 226 Å². The first-order chi connectivity index (χ1) is 58.7. The molecule has 5 saturated heterocycles. The highest BCUT2D eigenvalue weighted by Crippen LogP contribution is 2.37. The number of carbonyl (C=O) groups is 2. The molecule has 696 valence electrons. The molecule has 0 aromatic carbocycles. The third-order valence-electron chi connectivity index (χ3n) is 25.4. The van der Waals surface area contributed by atoms with Gasteiger partial charge in [-0.15, -0.1) is 0 Å². The van der Waals surface area contributed by atoms with Gasteiger partial charge >= 0.3 is 0 Å². The van der Waals surface area contributed by atoms with Crippen LogP contribution in [-0.2, 0) is 105 Å². The smallest absolute Gasteiger partial charge is 0.225 e. The van der Waals surface area contributed by atoms with E-state index in [2.05, 4.69) is 242 Å². The zero-order valence-corrected chi connectivity index (χ0v) is 83.4. The van der Waals surface area contributed by atoms with Crippen LogP contribution in [0.15, 0.2) is 80.3 Å². The lowest BCUT2D eigenvalue weighted by molar-refractivity contribution is -0.134. The van der Waals surface area contributed by atoms with E-state index in [0.29, 0.717) is 49.0 Å². The summed E-state index contributed by atoms with van der Waals surface area (Å²) < 4.78 is 51.4. The van der Waals surface area contributed by atoms with Crippen LogP contribution in [0.5, 0.6) is 0 Å². The minimum atomic E-state index is -2.87. The van der Waals surface area contributed by atoms with E-state index in [1.54, 1.807) is 52.4 Å². The summed E-state index contributed by atoms with van der Waals surface area (Å²) in [5, 5.41) is 0. The molecule has 2 amide bonds. The molecule has 125 heavy (non-hydrogen) atoms. The van der Waals surface area contributed by atoms with Crippen molar-refractivity contribution in [2.45, 2.75) is 300 Å². The Morgan fingerprint density at radius 2 is 0.776 bits per heavy atom. The van der Waals surface area contributed by atoms with E-state index in [1.165, 1.54) is 73.7 Å². The van der Waals surface area contributed by atoms with E-state index >= 15 is 0 Å². The zero-order valence-electron chi connectivity index (χ0n) is 80.9. The topological polar surface area (TPSA) is 270 Å². The fraction of sp³-hybridized carbons (Fsp3) is 0.727. The molecule has 26 heteroatoms. The van der Waals surface area contributed by atoms with Crippen LogP contribution in [0.4, 0.5) is 0 Å². The van der Waals surface area contributed by atoms with E-state index in [9.17, 15) is 26.4 Å². The Hall–Kier alpha value is -6.42. The van der Waals surface area contributed by atoms with Gasteiger partial charge in [-0.25, -0.2) is 66.7 Å². The average Bonchev–Trinajstić information content (AvgIpc) is 1.77. The number of morpholine rings is 1. The normalized spacial score (nSPS) is 19.5. The second-order valence-electron chi connectivity index (χ2n) is 42.5. The van der Waals surface area contributed by atoms with Crippen molar-refractivity contribution in [1.29, 1.82) is 0 Å². The van der Waals surface area contributed by atoms with Crippen molar-refractivity contribution in [3.63, 3.8) is 0 Å². The number of piperidine rings is 3. The lowest BCUT2D eigenvalue weighted by Gasteiger charge is -2.44. The SMILES string of the molecule is CC(=O)N1CC[C@@H](Cc2cc(C(C)(C)C)ncn2)C1.CC(C)(C)c1cc(CC2CC(N3CCOCC3)C2)ncn1.CC(C)(C)c1cc(CC2CCN(C(=O)C3CC3)CC2)ccn1.CCS(=O)(=O)CCCc1cc(C(C)(C)C)ncn1.CCS(=O)(=O)CCN1CCC(Cc2cc(C(C)(C)C)ncn2)CC1.CSCCN1CCC(Cc2cc(C(C)(C)C)ncn2)CC1. The highest BCUT2D eigenvalue weighted by atomic mass is 32.2. The van der Waals surface area contributed by atoms with Crippen molar-refractivity contribution in [3.05, 3.63) is 148 Å². The van der Waals surface area contributed by atoms with Gasteiger partial charge in [0, 0.05) is 190 Å². The zero-order chi connectivity index (χ0) is 91.6. The fourth-order valence-corrected chi connectivity index (χ4v) is 18.7. The number of thioether (sulfide) groups is 1. The number of aryl methyl sites for hydroxylation is 1. The summed E-state index contributed by atoms with van der Waals surface area (Å²) in [6.07, 6.45) is 32.2. The molecule has 0 unspecified atom stereocenters.